The van der Waals surface area contributed by atoms with Crippen LogP contribution in [-0.4, -0.2) is 62.7 Å². The number of carboxylic acid groups (broad SMARTS) is 1. The average molecular weight is 341 g/mol. The van der Waals surface area contributed by atoms with Crippen LogP contribution in [0.1, 0.15) is 19.5 Å². The lowest BCUT2D eigenvalue weighted by Crippen LogP contribution is -2.57. The highest BCUT2D eigenvalue weighted by molar-refractivity contribution is 5.92. The summed E-state index contributed by atoms with van der Waals surface area (Å²) in [7, 11) is 0. The molecule has 0 aliphatic carbocycles. The molecule has 2 amide bonds. The van der Waals surface area contributed by atoms with Gasteiger partial charge in [0.05, 0.1) is 12.9 Å². The van der Waals surface area contributed by atoms with E-state index in [9.17, 15) is 19.5 Å². The molecule has 0 bridgehead atoms. The maximum atomic E-state index is 12.4. The second-order valence-corrected chi connectivity index (χ2v) is 5.70. The van der Waals surface area contributed by atoms with Gasteiger partial charge >= 0.3 is 5.97 Å². The molecule has 0 unspecified atom stereocenters. The van der Waals surface area contributed by atoms with Gasteiger partial charge in [-0.1, -0.05) is 13.8 Å². The number of aromatic nitrogens is 2. The van der Waals surface area contributed by atoms with Crippen molar-refractivity contribution in [3.63, 3.8) is 0 Å². The van der Waals surface area contributed by atoms with E-state index in [-0.39, 0.29) is 12.3 Å². The van der Waals surface area contributed by atoms with Crippen molar-refractivity contribution >= 4 is 17.8 Å². The van der Waals surface area contributed by atoms with E-state index in [1.165, 1.54) is 12.5 Å². The quantitative estimate of drug-likeness (QED) is 0.301. The minimum atomic E-state index is -1.21. The SMILES string of the molecule is CC(C)[C@H](NC(=O)[C@@H](N)CO)C(=O)N[C@@H](Cc1cnc[nH]1)C(=O)O. The first-order valence-corrected chi connectivity index (χ1v) is 7.43. The van der Waals surface area contributed by atoms with Crippen LogP contribution in [0.3, 0.4) is 0 Å². The minimum Gasteiger partial charge on any atom is -0.480 e. The molecular formula is C14H23N5O5. The van der Waals surface area contributed by atoms with Crippen LogP contribution >= 0.6 is 0 Å². The van der Waals surface area contributed by atoms with Gasteiger partial charge in [-0.15, -0.1) is 0 Å². The van der Waals surface area contributed by atoms with Gasteiger partial charge in [0, 0.05) is 18.3 Å². The number of nitrogens with one attached hydrogen (secondary N) is 3. The van der Waals surface area contributed by atoms with Gasteiger partial charge in [0.15, 0.2) is 0 Å². The molecule has 0 saturated heterocycles. The number of aliphatic hydroxyl groups excluding tert-OH is 1. The molecule has 24 heavy (non-hydrogen) atoms. The van der Waals surface area contributed by atoms with Crippen molar-refractivity contribution in [3.05, 3.63) is 18.2 Å². The minimum absolute atomic E-state index is 0.0238. The van der Waals surface area contributed by atoms with Crippen LogP contribution in [-0.2, 0) is 20.8 Å². The van der Waals surface area contributed by atoms with E-state index in [1.54, 1.807) is 13.8 Å². The van der Waals surface area contributed by atoms with Crippen molar-refractivity contribution in [1.29, 1.82) is 0 Å². The fourth-order valence-corrected chi connectivity index (χ4v) is 1.96. The van der Waals surface area contributed by atoms with E-state index in [4.69, 9.17) is 10.8 Å². The predicted molar refractivity (Wildman–Crippen MR) is 83.7 cm³/mol. The Bertz CT molecular complexity index is 560. The number of aliphatic hydroxyl groups is 1. The third kappa shape index (κ3) is 5.63. The van der Waals surface area contributed by atoms with E-state index < -0.39 is 42.5 Å². The van der Waals surface area contributed by atoms with Crippen LogP contribution in [0.4, 0.5) is 0 Å². The molecule has 7 N–H and O–H groups in total. The predicted octanol–water partition coefficient (Wildman–Crippen LogP) is -2.02. The molecule has 0 aliphatic heterocycles. The third-order valence-electron chi connectivity index (χ3n) is 3.37. The van der Waals surface area contributed by atoms with E-state index in [1.807, 2.05) is 0 Å². The van der Waals surface area contributed by atoms with Gasteiger partial charge in [-0.2, -0.15) is 0 Å². The molecule has 0 fully saturated rings. The summed E-state index contributed by atoms with van der Waals surface area (Å²) in [5, 5.41) is 23.0. The van der Waals surface area contributed by atoms with E-state index in [0.29, 0.717) is 5.69 Å². The van der Waals surface area contributed by atoms with Crippen molar-refractivity contribution in [2.45, 2.75) is 38.4 Å². The molecule has 1 aromatic heterocycles. The Balaban J connectivity index is 2.77. The zero-order valence-electron chi connectivity index (χ0n) is 13.5. The summed E-state index contributed by atoms with van der Waals surface area (Å²) in [5.74, 6) is -2.84. The number of carbonyl (C=O) groups excluding carboxylic acids is 2. The molecule has 1 heterocycles. The number of aliphatic carboxylic acids is 1. The topological polar surface area (TPSA) is 170 Å². The summed E-state index contributed by atoms with van der Waals surface area (Å²) in [5.41, 5.74) is 5.96. The molecule has 0 spiro atoms. The van der Waals surface area contributed by atoms with Crippen molar-refractivity contribution < 1.29 is 24.6 Å². The van der Waals surface area contributed by atoms with E-state index >= 15 is 0 Å². The lowest BCUT2D eigenvalue weighted by atomic mass is 10.0. The molecule has 10 nitrogen and oxygen atoms in total. The Morgan fingerprint density at radius 2 is 1.96 bits per heavy atom. The van der Waals surface area contributed by atoms with Crippen LogP contribution in [0.25, 0.3) is 0 Å². The number of H-pyrrole nitrogens is 1. The maximum absolute atomic E-state index is 12.4. The van der Waals surface area contributed by atoms with Crippen molar-refractivity contribution in [3.8, 4) is 0 Å². The first kappa shape index (κ1) is 19.6. The molecule has 0 aromatic carbocycles. The van der Waals surface area contributed by atoms with Gasteiger partial charge in [-0.05, 0) is 5.92 Å². The lowest BCUT2D eigenvalue weighted by molar-refractivity contribution is -0.142. The van der Waals surface area contributed by atoms with Gasteiger partial charge in [0.25, 0.3) is 0 Å². The Labute approximate surface area is 138 Å². The number of imidazole rings is 1. The summed E-state index contributed by atoms with van der Waals surface area (Å²) in [6.07, 6.45) is 2.89. The van der Waals surface area contributed by atoms with Gasteiger partial charge in [-0.3, -0.25) is 9.59 Å². The fourth-order valence-electron chi connectivity index (χ4n) is 1.96. The highest BCUT2D eigenvalue weighted by atomic mass is 16.4. The number of aromatic amines is 1. The molecule has 134 valence electrons. The average Bonchev–Trinajstić information content (AvgIpc) is 3.03. The molecule has 0 saturated carbocycles. The summed E-state index contributed by atoms with van der Waals surface area (Å²) in [4.78, 5) is 42.0. The smallest absolute Gasteiger partial charge is 0.326 e. The van der Waals surface area contributed by atoms with Crippen LogP contribution in [0.15, 0.2) is 12.5 Å². The molecule has 0 radical (unpaired) electrons. The fraction of sp³-hybridized carbons (Fsp3) is 0.571. The zero-order chi connectivity index (χ0) is 18.3. The maximum Gasteiger partial charge on any atom is 0.326 e. The van der Waals surface area contributed by atoms with Crippen molar-refractivity contribution in [1.82, 2.24) is 20.6 Å². The lowest BCUT2D eigenvalue weighted by Gasteiger charge is -2.24. The highest BCUT2D eigenvalue weighted by Gasteiger charge is 2.30. The summed E-state index contributed by atoms with van der Waals surface area (Å²) < 4.78 is 0. The number of amides is 2. The van der Waals surface area contributed by atoms with Crippen LogP contribution in [0.5, 0.6) is 0 Å². The number of nitrogens with zero attached hydrogens (tertiary/aromatic N) is 1. The largest absolute Gasteiger partial charge is 0.480 e. The van der Waals surface area contributed by atoms with Crippen molar-refractivity contribution in [2.75, 3.05) is 6.61 Å². The number of nitrogens with two attached hydrogens (primary N) is 1. The van der Waals surface area contributed by atoms with E-state index in [0.717, 1.165) is 0 Å². The number of carboxylic acids is 1. The second-order valence-electron chi connectivity index (χ2n) is 5.70. The normalized spacial score (nSPS) is 14.7. The Morgan fingerprint density at radius 1 is 1.29 bits per heavy atom. The van der Waals surface area contributed by atoms with Gasteiger partial charge < -0.3 is 31.6 Å². The third-order valence-corrected chi connectivity index (χ3v) is 3.37. The second kappa shape index (κ2) is 8.99. The number of hydrogen-bond donors (Lipinski definition) is 6. The van der Waals surface area contributed by atoms with Gasteiger partial charge in [-0.25, -0.2) is 9.78 Å². The molecule has 0 aliphatic rings. The molecule has 1 aromatic rings. The van der Waals surface area contributed by atoms with Gasteiger partial charge in [0.1, 0.15) is 18.1 Å². The molecule has 10 heteroatoms. The first-order chi connectivity index (χ1) is 11.3. The number of carbonyl (C=O) groups is 3. The van der Waals surface area contributed by atoms with Crippen LogP contribution < -0.4 is 16.4 Å². The Kier molecular flexibility index (Phi) is 7.33. The molecule has 3 atom stereocenters. The Morgan fingerprint density at radius 3 is 2.42 bits per heavy atom. The van der Waals surface area contributed by atoms with Crippen LogP contribution in [0, 0.1) is 5.92 Å². The van der Waals surface area contributed by atoms with E-state index in [2.05, 4.69) is 20.6 Å². The number of rotatable bonds is 9. The monoisotopic (exact) mass is 341 g/mol. The first-order valence-electron chi connectivity index (χ1n) is 7.43. The van der Waals surface area contributed by atoms with Gasteiger partial charge in [0.2, 0.25) is 11.8 Å². The standard InChI is InChI=1S/C14H23N5O5/c1-7(2)11(19-12(21)9(15)5-20)13(22)18-10(14(23)24)3-8-4-16-6-17-8/h4,6-7,9-11,20H,3,5,15H2,1-2H3,(H,16,17)(H,18,22)(H,19,21)(H,23,24)/t9-,10-,11-/m0/s1. The summed E-state index contributed by atoms with van der Waals surface area (Å²) in [6.45, 7) is 2.83. The summed E-state index contributed by atoms with van der Waals surface area (Å²) >= 11 is 0. The zero-order valence-corrected chi connectivity index (χ0v) is 13.5. The van der Waals surface area contributed by atoms with Crippen LogP contribution in [0.2, 0.25) is 0 Å². The number of hydrogen-bond acceptors (Lipinski definition) is 6. The summed E-state index contributed by atoms with van der Waals surface area (Å²) in [6, 6.07) is -3.30. The molecular weight excluding hydrogens is 318 g/mol. The molecule has 1 rings (SSSR count). The Hall–Kier alpha value is -2.46. The highest BCUT2D eigenvalue weighted by Crippen LogP contribution is 2.05. The van der Waals surface area contributed by atoms with Crippen molar-refractivity contribution in [2.24, 2.45) is 11.7 Å².